The average molecular weight is 605 g/mol. The van der Waals surface area contributed by atoms with E-state index in [0.29, 0.717) is 41.2 Å². The Hall–Kier alpha value is -4.28. The van der Waals surface area contributed by atoms with Crippen LogP contribution in [0.25, 0.3) is 0 Å². The topological polar surface area (TPSA) is 118 Å². The second-order valence-corrected chi connectivity index (χ2v) is 12.3. The fourth-order valence-corrected chi connectivity index (χ4v) is 6.18. The molecular weight excluding hydrogens is 570 g/mol. The summed E-state index contributed by atoms with van der Waals surface area (Å²) in [6.07, 6.45) is 3.83. The van der Waals surface area contributed by atoms with Gasteiger partial charge in [0, 0.05) is 47.2 Å². The number of benzene rings is 2. The molecule has 0 radical (unpaired) electrons. The second kappa shape index (κ2) is 11.8. The molecule has 3 aromatic rings. The highest BCUT2D eigenvalue weighted by atomic mass is 35.5. The van der Waals surface area contributed by atoms with Crippen LogP contribution in [0.1, 0.15) is 67.6 Å². The molecule has 0 aliphatic carbocycles. The number of fused-ring (bicyclic) bond motifs is 1. The first-order valence-corrected chi connectivity index (χ1v) is 14.6. The summed E-state index contributed by atoms with van der Waals surface area (Å²) in [6, 6.07) is 16.2. The van der Waals surface area contributed by atoms with E-state index in [1.54, 1.807) is 80.5 Å². The largest absolute Gasteiger partial charge is 0.453 e. The van der Waals surface area contributed by atoms with Crippen molar-refractivity contribution < 1.29 is 28.5 Å². The number of ketones is 1. The number of nitrogens with one attached hydrogen (secondary N) is 2. The Bertz CT molecular complexity index is 1480. The van der Waals surface area contributed by atoms with E-state index in [1.807, 2.05) is 18.2 Å². The van der Waals surface area contributed by atoms with E-state index in [2.05, 4.69) is 15.7 Å². The molecular formula is C32H35ClN5O5+. The maximum Gasteiger partial charge on any atom is 0.453 e. The number of carbonyl (C=O) groups is 4. The van der Waals surface area contributed by atoms with Gasteiger partial charge in [-0.2, -0.15) is 5.43 Å². The third kappa shape index (κ3) is 5.72. The molecule has 2 N–H and O–H groups in total. The Balaban J connectivity index is 1.84. The number of hydrogen-bond donors (Lipinski definition) is 2. The molecule has 10 nitrogen and oxygen atoms in total. The van der Waals surface area contributed by atoms with Crippen LogP contribution < -0.4 is 10.7 Å². The van der Waals surface area contributed by atoms with Gasteiger partial charge in [0.25, 0.3) is 5.66 Å². The Kier molecular flexibility index (Phi) is 8.27. The fraction of sp³-hybridized carbons (Fsp3) is 0.344. The van der Waals surface area contributed by atoms with Gasteiger partial charge >= 0.3 is 18.4 Å². The molecule has 3 atom stereocenters. The van der Waals surface area contributed by atoms with Crippen molar-refractivity contribution in [2.75, 3.05) is 18.4 Å². The zero-order chi connectivity index (χ0) is 30.8. The first kappa shape index (κ1) is 30.2. The van der Waals surface area contributed by atoms with Gasteiger partial charge in [0.05, 0.1) is 12.1 Å². The first-order valence-electron chi connectivity index (χ1n) is 14.2. The minimum absolute atomic E-state index is 0.285. The number of amides is 3. The summed E-state index contributed by atoms with van der Waals surface area (Å²) in [4.78, 5) is 62.4. The summed E-state index contributed by atoms with van der Waals surface area (Å²) < 4.78 is 4.63. The third-order valence-electron chi connectivity index (χ3n) is 7.80. The molecule has 1 fully saturated rings. The number of carbonyl (C=O) groups excluding carboxylic acids is 4. The van der Waals surface area contributed by atoms with E-state index < -0.39 is 40.3 Å². The van der Waals surface area contributed by atoms with Crippen molar-refractivity contribution in [3.05, 3.63) is 94.8 Å². The standard InChI is InChI=1S/C32H34ClN5O5/c1-31(2,3)43-30(42)36-38(21-39,28(22-9-5-4-6-10-22)23-13-15-34-16-14-23)32(29(41)37-17-7-8-18-37)20-27(40)25-12-11-24(33)19-26(25)35-32/h4-6,9-16,19,21,28H,7-8,17-18,20H2,1-3H3,(H-,35,36,40,42)/p+1. The summed E-state index contributed by atoms with van der Waals surface area (Å²) >= 11 is 6.37. The molecule has 11 heteroatoms. The van der Waals surface area contributed by atoms with E-state index in [4.69, 9.17) is 16.3 Å². The maximum atomic E-state index is 14.9. The van der Waals surface area contributed by atoms with E-state index in [-0.39, 0.29) is 11.5 Å². The van der Waals surface area contributed by atoms with Gasteiger partial charge in [-0.3, -0.25) is 14.6 Å². The zero-order valence-electron chi connectivity index (χ0n) is 24.4. The first-order chi connectivity index (χ1) is 20.5. The van der Waals surface area contributed by atoms with Gasteiger partial charge in [0.15, 0.2) is 11.8 Å². The minimum atomic E-state index is -2.03. The number of quaternary nitrogens is 1. The van der Waals surface area contributed by atoms with Crippen molar-refractivity contribution in [1.82, 2.24) is 15.3 Å². The number of likely N-dealkylation sites (tertiary alicyclic amines) is 1. The number of Topliss-reactive ketones (excluding diaryl/α,β-unsaturated/α-hetero) is 1. The van der Waals surface area contributed by atoms with Crippen LogP contribution in [0, 0.1) is 0 Å². The van der Waals surface area contributed by atoms with Gasteiger partial charge in [-0.25, -0.2) is 9.59 Å². The van der Waals surface area contributed by atoms with E-state index in [9.17, 15) is 19.2 Å². The Morgan fingerprint density at radius 2 is 1.72 bits per heavy atom. The minimum Gasteiger partial charge on any atom is -0.441 e. The molecule has 2 aliphatic heterocycles. The molecule has 5 rings (SSSR count). The van der Waals surface area contributed by atoms with Crippen molar-refractivity contribution >= 4 is 41.5 Å². The molecule has 1 saturated heterocycles. The van der Waals surface area contributed by atoms with E-state index >= 15 is 0 Å². The molecule has 43 heavy (non-hydrogen) atoms. The number of anilines is 1. The molecule has 2 aliphatic rings. The number of nitrogens with zero attached hydrogens (tertiary/aromatic N) is 3. The van der Waals surface area contributed by atoms with Gasteiger partial charge in [0.2, 0.25) is 0 Å². The van der Waals surface area contributed by atoms with Gasteiger partial charge in [-0.05, 0) is 63.9 Å². The number of pyridine rings is 1. The van der Waals surface area contributed by atoms with Crippen LogP contribution in [0.3, 0.4) is 0 Å². The Morgan fingerprint density at radius 1 is 1.07 bits per heavy atom. The number of halogens is 1. The fourth-order valence-electron chi connectivity index (χ4n) is 6.00. The lowest BCUT2D eigenvalue weighted by molar-refractivity contribution is -0.941. The van der Waals surface area contributed by atoms with E-state index in [1.165, 1.54) is 0 Å². The second-order valence-electron chi connectivity index (χ2n) is 11.9. The number of rotatable bonds is 7. The SMILES string of the molecule is CC(C)(C)OC(=O)N[N+](C=O)(C(c1ccccc1)c1ccncc1)C1(C(=O)N2CCCC2)CC(=O)c2ccc(Cl)cc2N1. The number of ether oxygens (including phenoxy) is 1. The summed E-state index contributed by atoms with van der Waals surface area (Å²) in [5.74, 6) is -0.878. The molecule has 0 saturated carbocycles. The van der Waals surface area contributed by atoms with Crippen molar-refractivity contribution in [3.8, 4) is 0 Å². The lowest BCUT2D eigenvalue weighted by Crippen LogP contribution is -2.81. The molecule has 3 heterocycles. The van der Waals surface area contributed by atoms with Crippen LogP contribution >= 0.6 is 11.6 Å². The lowest BCUT2D eigenvalue weighted by Gasteiger charge is -2.52. The van der Waals surface area contributed by atoms with Crippen LogP contribution in [0.15, 0.2) is 73.1 Å². The third-order valence-corrected chi connectivity index (χ3v) is 8.04. The highest BCUT2D eigenvalue weighted by Gasteiger charge is 2.67. The summed E-state index contributed by atoms with van der Waals surface area (Å²) in [5, 5.41) is 3.63. The predicted molar refractivity (Wildman–Crippen MR) is 161 cm³/mol. The molecule has 224 valence electrons. The smallest absolute Gasteiger partial charge is 0.441 e. The van der Waals surface area contributed by atoms with Gasteiger partial charge in [-0.15, -0.1) is 4.59 Å². The predicted octanol–water partition coefficient (Wildman–Crippen LogP) is 5.25. The monoisotopic (exact) mass is 604 g/mol. The molecule has 0 spiro atoms. The van der Waals surface area contributed by atoms with Crippen LogP contribution in [0.2, 0.25) is 5.02 Å². The van der Waals surface area contributed by atoms with Gasteiger partial charge < -0.3 is 15.0 Å². The molecule has 2 aromatic carbocycles. The van der Waals surface area contributed by atoms with Gasteiger partial charge in [0.1, 0.15) is 5.60 Å². The average Bonchev–Trinajstić information content (AvgIpc) is 3.51. The summed E-state index contributed by atoms with van der Waals surface area (Å²) in [6.45, 7) is 5.98. The highest BCUT2D eigenvalue weighted by Crippen LogP contribution is 2.46. The molecule has 3 amide bonds. The Labute approximate surface area is 255 Å². The van der Waals surface area contributed by atoms with Crippen LogP contribution in [0.4, 0.5) is 10.5 Å². The van der Waals surface area contributed by atoms with Crippen molar-refractivity contribution in [1.29, 1.82) is 0 Å². The van der Waals surface area contributed by atoms with Crippen molar-refractivity contribution in [2.24, 2.45) is 0 Å². The molecule has 3 unspecified atom stereocenters. The van der Waals surface area contributed by atoms with Crippen LogP contribution in [0.5, 0.6) is 0 Å². The lowest BCUT2D eigenvalue weighted by atomic mass is 9.85. The normalized spacial score (nSPS) is 20.3. The molecule has 1 aromatic heterocycles. The highest BCUT2D eigenvalue weighted by molar-refractivity contribution is 6.31. The molecule has 0 bridgehead atoms. The van der Waals surface area contributed by atoms with Crippen LogP contribution in [-0.4, -0.2) is 63.0 Å². The van der Waals surface area contributed by atoms with Crippen molar-refractivity contribution in [3.63, 3.8) is 0 Å². The number of aromatic nitrogens is 1. The van der Waals surface area contributed by atoms with Crippen LogP contribution in [-0.2, 0) is 14.3 Å². The summed E-state index contributed by atoms with van der Waals surface area (Å²) in [7, 11) is 0. The zero-order valence-corrected chi connectivity index (χ0v) is 25.1. The summed E-state index contributed by atoms with van der Waals surface area (Å²) in [5.41, 5.74) is 1.65. The maximum absolute atomic E-state index is 14.9. The number of hydrogen-bond acceptors (Lipinski definition) is 7. The van der Waals surface area contributed by atoms with Crippen molar-refractivity contribution in [2.45, 2.75) is 57.3 Å². The quantitative estimate of drug-likeness (QED) is 0.215. The van der Waals surface area contributed by atoms with E-state index in [0.717, 1.165) is 12.8 Å². The van der Waals surface area contributed by atoms with Gasteiger partial charge in [-0.1, -0.05) is 41.9 Å². The Morgan fingerprint density at radius 3 is 2.35 bits per heavy atom.